The van der Waals surface area contributed by atoms with Crippen molar-refractivity contribution in [2.45, 2.75) is 50.6 Å². The van der Waals surface area contributed by atoms with E-state index in [1.54, 1.807) is 16.4 Å². The molecule has 1 N–H and O–H groups in total. The monoisotopic (exact) mass is 372 g/mol. The van der Waals surface area contributed by atoms with E-state index in [-0.39, 0.29) is 0 Å². The molecular weight excluding hydrogens is 344 g/mol. The molecule has 0 saturated carbocycles. The third-order valence-corrected chi connectivity index (χ3v) is 6.84. The Hall–Kier alpha value is -1.69. The first kappa shape index (κ1) is 19.1. The van der Waals surface area contributed by atoms with Crippen molar-refractivity contribution in [3.63, 3.8) is 0 Å². The van der Waals surface area contributed by atoms with Gasteiger partial charge in [0.15, 0.2) is 0 Å². The first-order valence-electron chi connectivity index (χ1n) is 9.35. The molecule has 0 unspecified atom stereocenters. The standard InChI is InChI=1S/C21H28N2O2S/c1-17(2)20-9-5-18(6-10-20)15-22-16-19-7-11-21(12-8-19)26(24,25)23-13-3-4-14-23/h5-12,17,22H,3-4,13-16H2,1-2H3. The van der Waals surface area contributed by atoms with Crippen LogP contribution in [0.25, 0.3) is 0 Å². The summed E-state index contributed by atoms with van der Waals surface area (Å²) in [5.74, 6) is 0.548. The first-order chi connectivity index (χ1) is 12.5. The molecule has 0 amide bonds. The van der Waals surface area contributed by atoms with Crippen LogP contribution in [0.5, 0.6) is 0 Å². The fraction of sp³-hybridized carbons (Fsp3) is 0.429. The Morgan fingerprint density at radius 3 is 1.88 bits per heavy atom. The van der Waals surface area contributed by atoms with Gasteiger partial charge in [0, 0.05) is 26.2 Å². The maximum atomic E-state index is 12.5. The van der Waals surface area contributed by atoms with E-state index >= 15 is 0 Å². The molecule has 140 valence electrons. The summed E-state index contributed by atoms with van der Waals surface area (Å²) in [5.41, 5.74) is 3.69. The maximum absolute atomic E-state index is 12.5. The number of benzene rings is 2. The van der Waals surface area contributed by atoms with Crippen LogP contribution in [0.1, 0.15) is 49.3 Å². The highest BCUT2D eigenvalue weighted by Crippen LogP contribution is 2.21. The minimum atomic E-state index is -3.32. The molecule has 1 heterocycles. The van der Waals surface area contributed by atoms with Gasteiger partial charge in [-0.2, -0.15) is 4.31 Å². The lowest BCUT2D eigenvalue weighted by Crippen LogP contribution is -2.27. The van der Waals surface area contributed by atoms with Crippen molar-refractivity contribution >= 4 is 10.0 Å². The normalized spacial score (nSPS) is 15.7. The van der Waals surface area contributed by atoms with Gasteiger partial charge in [-0.3, -0.25) is 0 Å². The Bertz CT molecular complexity index is 806. The molecule has 1 aliphatic heterocycles. The summed E-state index contributed by atoms with van der Waals surface area (Å²) in [6, 6.07) is 15.9. The van der Waals surface area contributed by atoms with Crippen LogP contribution < -0.4 is 5.32 Å². The molecule has 0 atom stereocenters. The summed E-state index contributed by atoms with van der Waals surface area (Å²) in [4.78, 5) is 0.396. The average molecular weight is 373 g/mol. The van der Waals surface area contributed by atoms with Crippen molar-refractivity contribution in [3.05, 3.63) is 65.2 Å². The Labute approximate surface area is 157 Å². The highest BCUT2D eigenvalue weighted by molar-refractivity contribution is 7.89. The molecule has 4 nitrogen and oxygen atoms in total. The van der Waals surface area contributed by atoms with E-state index in [0.717, 1.165) is 31.5 Å². The summed E-state index contributed by atoms with van der Waals surface area (Å²) in [5, 5.41) is 3.42. The van der Waals surface area contributed by atoms with Crippen LogP contribution in [-0.4, -0.2) is 25.8 Å². The molecule has 2 aromatic rings. The molecule has 1 saturated heterocycles. The van der Waals surface area contributed by atoms with Gasteiger partial charge in [-0.05, 0) is 47.6 Å². The summed E-state index contributed by atoms with van der Waals surface area (Å²) in [6.45, 7) is 7.19. The molecule has 0 bridgehead atoms. The Morgan fingerprint density at radius 1 is 0.885 bits per heavy atom. The van der Waals surface area contributed by atoms with Crippen molar-refractivity contribution in [2.75, 3.05) is 13.1 Å². The number of hydrogen-bond acceptors (Lipinski definition) is 3. The summed E-state index contributed by atoms with van der Waals surface area (Å²) in [6.07, 6.45) is 1.92. The smallest absolute Gasteiger partial charge is 0.243 e. The van der Waals surface area contributed by atoms with Crippen molar-refractivity contribution in [1.29, 1.82) is 0 Å². The van der Waals surface area contributed by atoms with Crippen molar-refractivity contribution < 1.29 is 8.42 Å². The highest BCUT2D eigenvalue weighted by atomic mass is 32.2. The predicted molar refractivity (Wildman–Crippen MR) is 106 cm³/mol. The van der Waals surface area contributed by atoms with E-state index < -0.39 is 10.0 Å². The van der Waals surface area contributed by atoms with Crippen LogP contribution in [0.15, 0.2) is 53.4 Å². The Balaban J connectivity index is 1.54. The van der Waals surface area contributed by atoms with Crippen LogP contribution in [0.2, 0.25) is 0 Å². The summed E-state index contributed by atoms with van der Waals surface area (Å²) < 4.78 is 26.6. The van der Waals surface area contributed by atoms with Crippen molar-refractivity contribution in [3.8, 4) is 0 Å². The number of rotatable bonds is 7. The maximum Gasteiger partial charge on any atom is 0.243 e. The largest absolute Gasteiger partial charge is 0.309 e. The van der Waals surface area contributed by atoms with Crippen molar-refractivity contribution in [1.82, 2.24) is 9.62 Å². The van der Waals surface area contributed by atoms with Gasteiger partial charge < -0.3 is 5.32 Å². The third kappa shape index (κ3) is 4.53. The molecule has 26 heavy (non-hydrogen) atoms. The van der Waals surface area contributed by atoms with Gasteiger partial charge in [0.05, 0.1) is 4.90 Å². The Kier molecular flexibility index (Phi) is 6.12. The van der Waals surface area contributed by atoms with E-state index in [4.69, 9.17) is 0 Å². The average Bonchev–Trinajstić information content (AvgIpc) is 3.18. The van der Waals surface area contributed by atoms with E-state index in [2.05, 4.69) is 43.4 Å². The second kappa shape index (κ2) is 8.33. The number of sulfonamides is 1. The van der Waals surface area contributed by atoms with Crippen LogP contribution in [0.4, 0.5) is 0 Å². The molecule has 1 aliphatic rings. The molecular formula is C21H28N2O2S. The zero-order valence-corrected chi connectivity index (χ0v) is 16.4. The van der Waals surface area contributed by atoms with Crippen molar-refractivity contribution in [2.24, 2.45) is 0 Å². The van der Waals surface area contributed by atoms with E-state index in [0.29, 0.717) is 23.9 Å². The zero-order chi connectivity index (χ0) is 18.6. The van der Waals surface area contributed by atoms with Gasteiger partial charge in [0.2, 0.25) is 10.0 Å². The molecule has 3 rings (SSSR count). The minimum Gasteiger partial charge on any atom is -0.309 e. The molecule has 5 heteroatoms. The molecule has 0 aliphatic carbocycles. The SMILES string of the molecule is CC(C)c1ccc(CNCc2ccc(S(=O)(=O)N3CCCC3)cc2)cc1. The fourth-order valence-electron chi connectivity index (χ4n) is 3.23. The molecule has 0 spiro atoms. The topological polar surface area (TPSA) is 49.4 Å². The molecule has 2 aromatic carbocycles. The zero-order valence-electron chi connectivity index (χ0n) is 15.6. The highest BCUT2D eigenvalue weighted by Gasteiger charge is 2.26. The van der Waals surface area contributed by atoms with E-state index in [9.17, 15) is 8.42 Å². The second-order valence-electron chi connectivity index (χ2n) is 7.25. The van der Waals surface area contributed by atoms with Gasteiger partial charge in [0.1, 0.15) is 0 Å². The number of hydrogen-bond donors (Lipinski definition) is 1. The number of nitrogens with zero attached hydrogens (tertiary/aromatic N) is 1. The van der Waals surface area contributed by atoms with E-state index in [1.165, 1.54) is 11.1 Å². The fourth-order valence-corrected chi connectivity index (χ4v) is 4.75. The lowest BCUT2D eigenvalue weighted by Gasteiger charge is -2.15. The lowest BCUT2D eigenvalue weighted by atomic mass is 10.0. The van der Waals surface area contributed by atoms with Gasteiger partial charge in [-0.25, -0.2) is 8.42 Å². The summed E-state index contributed by atoms with van der Waals surface area (Å²) >= 11 is 0. The molecule has 1 fully saturated rings. The van der Waals surface area contributed by atoms with Crippen LogP contribution in [0.3, 0.4) is 0 Å². The van der Waals surface area contributed by atoms with Crippen LogP contribution in [0, 0.1) is 0 Å². The van der Waals surface area contributed by atoms with Gasteiger partial charge in [-0.15, -0.1) is 0 Å². The van der Waals surface area contributed by atoms with Gasteiger partial charge >= 0.3 is 0 Å². The molecule has 0 aromatic heterocycles. The first-order valence-corrected chi connectivity index (χ1v) is 10.8. The van der Waals surface area contributed by atoms with Gasteiger partial charge in [-0.1, -0.05) is 50.2 Å². The predicted octanol–water partition coefficient (Wildman–Crippen LogP) is 3.88. The summed E-state index contributed by atoms with van der Waals surface area (Å²) in [7, 11) is -3.32. The molecule has 0 radical (unpaired) electrons. The Morgan fingerprint density at radius 2 is 1.38 bits per heavy atom. The number of nitrogens with one attached hydrogen (secondary N) is 1. The van der Waals surface area contributed by atoms with Crippen LogP contribution in [-0.2, 0) is 23.1 Å². The van der Waals surface area contributed by atoms with Crippen LogP contribution >= 0.6 is 0 Å². The van der Waals surface area contributed by atoms with E-state index in [1.807, 2.05) is 12.1 Å². The van der Waals surface area contributed by atoms with Gasteiger partial charge in [0.25, 0.3) is 0 Å². The lowest BCUT2D eigenvalue weighted by molar-refractivity contribution is 0.477. The quantitative estimate of drug-likeness (QED) is 0.802. The second-order valence-corrected chi connectivity index (χ2v) is 9.19. The third-order valence-electron chi connectivity index (χ3n) is 4.93. The minimum absolute atomic E-state index is 0.396.